The fourth-order valence-electron chi connectivity index (χ4n) is 1.41. The lowest BCUT2D eigenvalue weighted by Gasteiger charge is -2.22. The topological polar surface area (TPSA) is 41.5 Å². The maximum atomic E-state index is 9.61. The molecule has 0 aromatic heterocycles. The number of rotatable bonds is 5. The molecule has 0 fully saturated rings. The number of benzene rings is 1. The van der Waals surface area contributed by atoms with E-state index in [-0.39, 0.29) is 6.04 Å². The van der Waals surface area contributed by atoms with E-state index in [1.54, 1.807) is 21.0 Å². The van der Waals surface area contributed by atoms with Crippen molar-refractivity contribution in [1.29, 1.82) is 0 Å². The Balaban J connectivity index is 2.56. The van der Waals surface area contributed by atoms with Gasteiger partial charge in [0.1, 0.15) is 5.75 Å². The third kappa shape index (κ3) is 4.21. The van der Waals surface area contributed by atoms with Crippen LogP contribution < -0.4 is 10.1 Å². The zero-order valence-electron chi connectivity index (χ0n) is 10.4. The minimum absolute atomic E-state index is 0.220. The molecule has 90 valence electrons. The van der Waals surface area contributed by atoms with E-state index in [9.17, 15) is 5.11 Å². The molecule has 3 heteroatoms. The van der Waals surface area contributed by atoms with Gasteiger partial charge in [0.25, 0.3) is 0 Å². The van der Waals surface area contributed by atoms with Crippen molar-refractivity contribution >= 4 is 0 Å². The maximum Gasteiger partial charge on any atom is 0.118 e. The minimum atomic E-state index is -0.680. The summed E-state index contributed by atoms with van der Waals surface area (Å²) < 4.78 is 5.10. The Bertz CT molecular complexity index is 314. The SMILES string of the molecule is COc1ccc([C@H](C)NCC(C)(C)O)cc1. The van der Waals surface area contributed by atoms with Gasteiger partial charge in [0, 0.05) is 12.6 Å². The van der Waals surface area contributed by atoms with Crippen molar-refractivity contribution in [3.8, 4) is 5.75 Å². The molecule has 0 aliphatic heterocycles. The van der Waals surface area contributed by atoms with Gasteiger partial charge in [-0.15, -0.1) is 0 Å². The molecule has 1 rings (SSSR count). The first-order chi connectivity index (χ1) is 7.42. The Morgan fingerprint density at radius 2 is 1.88 bits per heavy atom. The normalized spacial score (nSPS) is 13.6. The predicted octanol–water partition coefficient (Wildman–Crippen LogP) is 2.12. The lowest BCUT2D eigenvalue weighted by atomic mass is 10.1. The summed E-state index contributed by atoms with van der Waals surface area (Å²) in [5.41, 5.74) is 0.505. The quantitative estimate of drug-likeness (QED) is 0.803. The van der Waals surface area contributed by atoms with Crippen LogP contribution in [0, 0.1) is 0 Å². The molecule has 0 unspecified atom stereocenters. The van der Waals surface area contributed by atoms with Crippen LogP contribution in [0.2, 0.25) is 0 Å². The maximum absolute atomic E-state index is 9.61. The van der Waals surface area contributed by atoms with Gasteiger partial charge in [0.15, 0.2) is 0 Å². The first-order valence-corrected chi connectivity index (χ1v) is 5.52. The summed E-state index contributed by atoms with van der Waals surface area (Å²) in [6.07, 6.45) is 0. The molecule has 2 N–H and O–H groups in total. The third-order valence-corrected chi connectivity index (χ3v) is 2.46. The average molecular weight is 223 g/mol. The molecule has 0 radical (unpaired) electrons. The number of hydrogen-bond acceptors (Lipinski definition) is 3. The molecule has 0 heterocycles. The van der Waals surface area contributed by atoms with Crippen molar-refractivity contribution in [3.05, 3.63) is 29.8 Å². The first-order valence-electron chi connectivity index (χ1n) is 5.52. The van der Waals surface area contributed by atoms with Crippen molar-refractivity contribution in [3.63, 3.8) is 0 Å². The van der Waals surface area contributed by atoms with Gasteiger partial charge in [-0.3, -0.25) is 0 Å². The molecule has 0 bridgehead atoms. The second-order valence-corrected chi connectivity index (χ2v) is 4.69. The Hall–Kier alpha value is -1.06. The predicted molar refractivity (Wildman–Crippen MR) is 65.7 cm³/mol. The van der Waals surface area contributed by atoms with E-state index in [4.69, 9.17) is 4.74 Å². The summed E-state index contributed by atoms with van der Waals surface area (Å²) in [7, 11) is 1.66. The summed E-state index contributed by atoms with van der Waals surface area (Å²) in [6.45, 7) is 6.23. The molecule has 0 saturated carbocycles. The summed E-state index contributed by atoms with van der Waals surface area (Å²) in [5.74, 6) is 0.860. The third-order valence-electron chi connectivity index (χ3n) is 2.46. The van der Waals surface area contributed by atoms with Crippen LogP contribution in [0.1, 0.15) is 32.4 Å². The number of hydrogen-bond donors (Lipinski definition) is 2. The van der Waals surface area contributed by atoms with E-state index in [2.05, 4.69) is 12.2 Å². The lowest BCUT2D eigenvalue weighted by molar-refractivity contribution is 0.0770. The molecule has 0 aliphatic rings. The molecular weight excluding hydrogens is 202 g/mol. The fourth-order valence-corrected chi connectivity index (χ4v) is 1.41. The van der Waals surface area contributed by atoms with Crippen molar-refractivity contribution in [2.45, 2.75) is 32.4 Å². The summed E-state index contributed by atoms with van der Waals surface area (Å²) in [4.78, 5) is 0. The molecule has 3 nitrogen and oxygen atoms in total. The summed E-state index contributed by atoms with van der Waals surface area (Å²) in [5, 5.41) is 12.9. The van der Waals surface area contributed by atoms with Crippen LogP contribution in [0.4, 0.5) is 0 Å². The molecule has 0 aliphatic carbocycles. The van der Waals surface area contributed by atoms with Gasteiger partial charge >= 0.3 is 0 Å². The average Bonchev–Trinajstić information content (AvgIpc) is 2.25. The van der Waals surface area contributed by atoms with Gasteiger partial charge in [-0.05, 0) is 38.5 Å². The van der Waals surface area contributed by atoms with Gasteiger partial charge in [-0.25, -0.2) is 0 Å². The Kier molecular flexibility index (Phi) is 4.33. The van der Waals surface area contributed by atoms with Gasteiger partial charge < -0.3 is 15.2 Å². The highest BCUT2D eigenvalue weighted by Gasteiger charge is 2.14. The van der Waals surface area contributed by atoms with Crippen LogP contribution in [0.3, 0.4) is 0 Å². The Labute approximate surface area is 97.4 Å². The van der Waals surface area contributed by atoms with Crippen molar-refractivity contribution in [2.75, 3.05) is 13.7 Å². The van der Waals surface area contributed by atoms with Crippen LogP contribution in [0.25, 0.3) is 0 Å². The molecule has 0 saturated heterocycles. The van der Waals surface area contributed by atoms with E-state index >= 15 is 0 Å². The number of methoxy groups -OCH3 is 1. The first kappa shape index (κ1) is 13.0. The highest BCUT2D eigenvalue weighted by molar-refractivity contribution is 5.28. The van der Waals surface area contributed by atoms with Crippen LogP contribution in [-0.2, 0) is 0 Å². The molecule has 1 atom stereocenters. The monoisotopic (exact) mass is 223 g/mol. The van der Waals surface area contributed by atoms with Crippen molar-refractivity contribution in [2.24, 2.45) is 0 Å². The highest BCUT2D eigenvalue weighted by atomic mass is 16.5. The summed E-state index contributed by atoms with van der Waals surface area (Å²) >= 11 is 0. The van der Waals surface area contributed by atoms with Gasteiger partial charge in [0.05, 0.1) is 12.7 Å². The van der Waals surface area contributed by atoms with E-state index in [0.29, 0.717) is 6.54 Å². The smallest absolute Gasteiger partial charge is 0.118 e. The van der Waals surface area contributed by atoms with Crippen molar-refractivity contribution < 1.29 is 9.84 Å². The Morgan fingerprint density at radius 3 is 2.31 bits per heavy atom. The van der Waals surface area contributed by atoms with Crippen molar-refractivity contribution in [1.82, 2.24) is 5.32 Å². The summed E-state index contributed by atoms with van der Waals surface area (Å²) in [6, 6.07) is 8.16. The van der Waals surface area contributed by atoms with Gasteiger partial charge in [0.2, 0.25) is 0 Å². The number of ether oxygens (including phenoxy) is 1. The standard InChI is InChI=1S/C13H21NO2/c1-10(14-9-13(2,3)15)11-5-7-12(16-4)8-6-11/h5-8,10,14-15H,9H2,1-4H3/t10-/m0/s1. The Morgan fingerprint density at radius 1 is 1.31 bits per heavy atom. The fraction of sp³-hybridized carbons (Fsp3) is 0.538. The zero-order valence-corrected chi connectivity index (χ0v) is 10.4. The minimum Gasteiger partial charge on any atom is -0.497 e. The van der Waals surface area contributed by atoms with E-state index in [1.165, 1.54) is 5.56 Å². The van der Waals surface area contributed by atoms with E-state index < -0.39 is 5.60 Å². The van der Waals surface area contributed by atoms with Crippen LogP contribution in [-0.4, -0.2) is 24.4 Å². The number of nitrogens with one attached hydrogen (secondary N) is 1. The van der Waals surface area contributed by atoms with Crippen LogP contribution in [0.15, 0.2) is 24.3 Å². The largest absolute Gasteiger partial charge is 0.497 e. The van der Waals surface area contributed by atoms with Gasteiger partial charge in [-0.2, -0.15) is 0 Å². The molecule has 1 aromatic carbocycles. The molecule has 0 amide bonds. The number of aliphatic hydroxyl groups is 1. The second-order valence-electron chi connectivity index (χ2n) is 4.69. The zero-order chi connectivity index (χ0) is 12.2. The van der Waals surface area contributed by atoms with E-state index in [0.717, 1.165) is 5.75 Å². The van der Waals surface area contributed by atoms with Crippen LogP contribution in [0.5, 0.6) is 5.75 Å². The second kappa shape index (κ2) is 5.32. The van der Waals surface area contributed by atoms with E-state index in [1.807, 2.05) is 24.3 Å². The molecule has 1 aromatic rings. The lowest BCUT2D eigenvalue weighted by Crippen LogP contribution is -2.36. The molecule has 16 heavy (non-hydrogen) atoms. The van der Waals surface area contributed by atoms with Gasteiger partial charge in [-0.1, -0.05) is 12.1 Å². The highest BCUT2D eigenvalue weighted by Crippen LogP contribution is 2.17. The molecular formula is C13H21NO2. The molecule has 0 spiro atoms. The van der Waals surface area contributed by atoms with Crippen LogP contribution >= 0.6 is 0 Å².